The maximum absolute atomic E-state index is 13.1. The van der Waals surface area contributed by atoms with Gasteiger partial charge in [-0.1, -0.05) is 71.4 Å². The van der Waals surface area contributed by atoms with Crippen LogP contribution in [0.4, 0.5) is 18.3 Å². The van der Waals surface area contributed by atoms with Crippen molar-refractivity contribution in [3.8, 4) is 17.1 Å². The van der Waals surface area contributed by atoms with E-state index in [0.29, 0.717) is 26.6 Å². The zero-order chi connectivity index (χ0) is 28.3. The SMILES string of the molecule is Cc1ccc(-n2c(SCC(=O)Nc3ncc(Cc4cc(C(F)(F)F)ccc4Cl)s3)nnc2-c2ccccc2)cc1. The molecular formula is C28H21ClF3N5OS2. The highest BCUT2D eigenvalue weighted by atomic mass is 35.5. The van der Waals surface area contributed by atoms with E-state index in [0.717, 1.165) is 28.9 Å². The molecule has 0 saturated heterocycles. The van der Waals surface area contributed by atoms with Crippen LogP contribution in [0.15, 0.2) is 84.1 Å². The fraction of sp³-hybridized carbons (Fsp3) is 0.143. The van der Waals surface area contributed by atoms with Crippen molar-refractivity contribution in [2.45, 2.75) is 24.7 Å². The summed E-state index contributed by atoms with van der Waals surface area (Å²) in [5.74, 6) is 0.403. The maximum Gasteiger partial charge on any atom is 0.416 e. The highest BCUT2D eigenvalue weighted by Gasteiger charge is 2.31. The van der Waals surface area contributed by atoms with Crippen molar-refractivity contribution in [1.82, 2.24) is 19.7 Å². The van der Waals surface area contributed by atoms with Crippen LogP contribution in [-0.4, -0.2) is 31.4 Å². The Balaban J connectivity index is 1.28. The standard InChI is InChI=1S/C28H21ClF3N5OS2/c1-17-7-10-21(11-8-17)37-25(18-5-3-2-4-6-18)35-36-27(37)39-16-24(38)34-26-33-15-22(40-26)14-19-13-20(28(30,31)32)9-12-23(19)29/h2-13,15H,14,16H2,1H3,(H,33,34,38). The number of hydrogen-bond acceptors (Lipinski definition) is 6. The van der Waals surface area contributed by atoms with Crippen LogP contribution in [0.25, 0.3) is 17.1 Å². The highest BCUT2D eigenvalue weighted by Crippen LogP contribution is 2.34. The third-order valence-electron chi connectivity index (χ3n) is 5.83. The van der Waals surface area contributed by atoms with E-state index in [1.54, 1.807) is 0 Å². The molecule has 1 amide bonds. The molecule has 2 aromatic heterocycles. The summed E-state index contributed by atoms with van der Waals surface area (Å²) in [6, 6.07) is 20.8. The van der Waals surface area contributed by atoms with E-state index >= 15 is 0 Å². The second kappa shape index (κ2) is 11.8. The van der Waals surface area contributed by atoms with Gasteiger partial charge in [0.25, 0.3) is 0 Å². The van der Waals surface area contributed by atoms with E-state index in [2.05, 4.69) is 20.5 Å². The van der Waals surface area contributed by atoms with Gasteiger partial charge in [0.1, 0.15) is 0 Å². The number of halogens is 4. The molecule has 0 aliphatic carbocycles. The number of thioether (sulfide) groups is 1. The van der Waals surface area contributed by atoms with Gasteiger partial charge in [-0.3, -0.25) is 9.36 Å². The lowest BCUT2D eigenvalue weighted by Gasteiger charge is -2.10. The van der Waals surface area contributed by atoms with Crippen LogP contribution >= 0.6 is 34.7 Å². The summed E-state index contributed by atoms with van der Waals surface area (Å²) in [7, 11) is 0. The van der Waals surface area contributed by atoms with Gasteiger partial charge in [0.15, 0.2) is 16.1 Å². The normalized spacial score (nSPS) is 11.5. The second-order valence-electron chi connectivity index (χ2n) is 8.79. The van der Waals surface area contributed by atoms with Crippen molar-refractivity contribution in [3.05, 3.63) is 106 Å². The van der Waals surface area contributed by atoms with Gasteiger partial charge >= 0.3 is 6.18 Å². The smallest absolute Gasteiger partial charge is 0.301 e. The fourth-order valence-electron chi connectivity index (χ4n) is 3.87. The van der Waals surface area contributed by atoms with Crippen molar-refractivity contribution in [1.29, 1.82) is 0 Å². The number of carbonyl (C=O) groups excluding carboxylic acids is 1. The monoisotopic (exact) mass is 599 g/mol. The molecule has 0 spiro atoms. The largest absolute Gasteiger partial charge is 0.416 e. The minimum absolute atomic E-state index is 0.0488. The lowest BCUT2D eigenvalue weighted by Crippen LogP contribution is -2.14. The number of aryl methyl sites for hydroxylation is 1. The van der Waals surface area contributed by atoms with Crippen LogP contribution < -0.4 is 5.32 Å². The van der Waals surface area contributed by atoms with Crippen LogP contribution in [0.1, 0.15) is 21.6 Å². The summed E-state index contributed by atoms with van der Waals surface area (Å²) in [6.07, 6.45) is -2.79. The van der Waals surface area contributed by atoms with Crippen molar-refractivity contribution in [2.24, 2.45) is 0 Å². The number of amides is 1. The molecular weight excluding hydrogens is 579 g/mol. The Kier molecular flexibility index (Phi) is 8.24. The van der Waals surface area contributed by atoms with Gasteiger partial charge < -0.3 is 5.32 Å². The number of hydrogen-bond donors (Lipinski definition) is 1. The number of anilines is 1. The van der Waals surface area contributed by atoms with Crippen molar-refractivity contribution in [3.63, 3.8) is 0 Å². The summed E-state index contributed by atoms with van der Waals surface area (Å²) in [5.41, 5.74) is 2.44. The second-order valence-corrected chi connectivity index (χ2v) is 11.3. The molecule has 0 unspecified atom stereocenters. The first-order valence-corrected chi connectivity index (χ1v) is 14.2. The van der Waals surface area contributed by atoms with Crippen LogP contribution in [-0.2, 0) is 17.4 Å². The summed E-state index contributed by atoms with van der Waals surface area (Å²) in [4.78, 5) is 17.6. The zero-order valence-electron chi connectivity index (χ0n) is 20.9. The van der Waals surface area contributed by atoms with E-state index in [4.69, 9.17) is 11.6 Å². The number of nitrogens with zero attached hydrogens (tertiary/aromatic N) is 4. The highest BCUT2D eigenvalue weighted by molar-refractivity contribution is 7.99. The first-order chi connectivity index (χ1) is 19.2. The molecule has 0 bridgehead atoms. The average molecular weight is 600 g/mol. The molecule has 0 aliphatic heterocycles. The molecule has 0 saturated carbocycles. The molecule has 0 radical (unpaired) electrons. The summed E-state index contributed by atoms with van der Waals surface area (Å²) in [6.45, 7) is 2.01. The predicted molar refractivity (Wildman–Crippen MR) is 152 cm³/mol. The summed E-state index contributed by atoms with van der Waals surface area (Å²) >= 11 is 8.54. The Labute approximate surface area is 241 Å². The molecule has 204 valence electrons. The Morgan fingerprint density at radius 1 is 1.05 bits per heavy atom. The molecule has 1 N–H and O–H groups in total. The van der Waals surface area contributed by atoms with Gasteiger partial charge in [0.2, 0.25) is 5.91 Å². The molecule has 5 aromatic rings. The van der Waals surface area contributed by atoms with Gasteiger partial charge in [-0.15, -0.1) is 21.5 Å². The summed E-state index contributed by atoms with van der Waals surface area (Å²) < 4.78 is 41.2. The Morgan fingerprint density at radius 3 is 2.52 bits per heavy atom. The Hall–Kier alpha value is -3.67. The van der Waals surface area contributed by atoms with Gasteiger partial charge in [0, 0.05) is 33.8 Å². The maximum atomic E-state index is 13.1. The molecule has 3 aromatic carbocycles. The van der Waals surface area contributed by atoms with Crippen LogP contribution in [0, 0.1) is 6.92 Å². The number of alkyl halides is 3. The van der Waals surface area contributed by atoms with E-state index in [9.17, 15) is 18.0 Å². The van der Waals surface area contributed by atoms with Crippen LogP contribution in [0.2, 0.25) is 5.02 Å². The number of rotatable bonds is 8. The summed E-state index contributed by atoms with van der Waals surface area (Å²) in [5, 5.41) is 12.6. The van der Waals surface area contributed by atoms with E-state index in [1.807, 2.05) is 66.1 Å². The minimum atomic E-state index is -4.46. The molecule has 0 aliphatic rings. The quantitative estimate of drug-likeness (QED) is 0.185. The first kappa shape index (κ1) is 27.9. The number of carbonyl (C=O) groups is 1. The molecule has 40 heavy (non-hydrogen) atoms. The molecule has 2 heterocycles. The Morgan fingerprint density at radius 2 is 1.80 bits per heavy atom. The number of benzene rings is 3. The van der Waals surface area contributed by atoms with Gasteiger partial charge in [-0.05, 0) is 42.8 Å². The van der Waals surface area contributed by atoms with Gasteiger partial charge in [-0.2, -0.15) is 13.2 Å². The van der Waals surface area contributed by atoms with Crippen molar-refractivity contribution < 1.29 is 18.0 Å². The fourth-order valence-corrected chi connectivity index (χ4v) is 5.66. The van der Waals surface area contributed by atoms with Gasteiger partial charge in [0.05, 0.1) is 11.3 Å². The number of nitrogens with one attached hydrogen (secondary N) is 1. The van der Waals surface area contributed by atoms with Crippen molar-refractivity contribution >= 4 is 45.7 Å². The van der Waals surface area contributed by atoms with Crippen LogP contribution in [0.5, 0.6) is 0 Å². The Bertz CT molecular complexity index is 1640. The van der Waals surface area contributed by atoms with E-state index in [-0.39, 0.29) is 23.1 Å². The lowest BCUT2D eigenvalue weighted by molar-refractivity contribution is -0.137. The molecule has 6 nitrogen and oxygen atoms in total. The predicted octanol–water partition coefficient (Wildman–Crippen LogP) is 7.69. The lowest BCUT2D eigenvalue weighted by atomic mass is 10.1. The van der Waals surface area contributed by atoms with Gasteiger partial charge in [-0.25, -0.2) is 4.98 Å². The molecule has 12 heteroatoms. The number of thiazole rings is 1. The third-order valence-corrected chi connectivity index (χ3v) is 8.04. The molecule has 0 fully saturated rings. The van der Waals surface area contributed by atoms with E-state index < -0.39 is 11.7 Å². The topological polar surface area (TPSA) is 72.7 Å². The molecule has 0 atom stereocenters. The number of aromatic nitrogens is 4. The zero-order valence-corrected chi connectivity index (χ0v) is 23.3. The van der Waals surface area contributed by atoms with E-state index in [1.165, 1.54) is 35.4 Å². The third kappa shape index (κ3) is 6.55. The van der Waals surface area contributed by atoms with Crippen molar-refractivity contribution in [2.75, 3.05) is 11.1 Å². The average Bonchev–Trinajstić information content (AvgIpc) is 3.56. The first-order valence-electron chi connectivity index (χ1n) is 12.0. The molecule has 5 rings (SSSR count). The van der Waals surface area contributed by atoms with Crippen LogP contribution in [0.3, 0.4) is 0 Å². The minimum Gasteiger partial charge on any atom is -0.301 e.